The molecule has 7 nitrogen and oxygen atoms in total. The number of hydrogen-bond donors (Lipinski definition) is 1. The maximum atomic E-state index is 13.6. The molecule has 2 fully saturated rings. The van der Waals surface area contributed by atoms with E-state index >= 15 is 0 Å². The molecule has 2 heterocycles. The Morgan fingerprint density at radius 1 is 1.18 bits per heavy atom. The van der Waals surface area contributed by atoms with Crippen molar-refractivity contribution in [1.82, 2.24) is 4.90 Å². The Hall–Kier alpha value is -3.23. The fourth-order valence-corrected chi connectivity index (χ4v) is 4.66. The maximum absolute atomic E-state index is 13.6. The van der Waals surface area contributed by atoms with E-state index in [2.05, 4.69) is 0 Å². The fraction of sp³-hybridized carbons (Fsp3) is 0.385. The number of nitrogens with one attached hydrogen (secondary N) is 1. The summed E-state index contributed by atoms with van der Waals surface area (Å²) in [5.74, 6) is -1.82. The lowest BCUT2D eigenvalue weighted by molar-refractivity contribution is -0.908. The number of benzene rings is 2. The molecule has 0 aliphatic carbocycles. The largest absolute Gasteiger partial charge is 0.872 e. The Morgan fingerprint density at radius 3 is 2.53 bits per heavy atom. The van der Waals surface area contributed by atoms with Gasteiger partial charge in [0.1, 0.15) is 24.7 Å². The van der Waals surface area contributed by atoms with Gasteiger partial charge in [-0.05, 0) is 47.9 Å². The summed E-state index contributed by atoms with van der Waals surface area (Å²) in [4.78, 5) is 29.0. The molecule has 1 N–H and O–H groups in total. The van der Waals surface area contributed by atoms with Crippen molar-refractivity contribution in [3.63, 3.8) is 0 Å². The quantitative estimate of drug-likeness (QED) is 0.367. The Kier molecular flexibility index (Phi) is 7.29. The number of halogens is 1. The maximum Gasteiger partial charge on any atom is 0.295 e. The minimum atomic E-state index is -0.853. The zero-order chi connectivity index (χ0) is 24.2. The number of ketones is 1. The van der Waals surface area contributed by atoms with Gasteiger partial charge in [-0.15, -0.1) is 0 Å². The summed E-state index contributed by atoms with van der Waals surface area (Å²) in [7, 11) is 1.53. The number of rotatable bonds is 7. The molecule has 0 bridgehead atoms. The van der Waals surface area contributed by atoms with Crippen LogP contribution in [0.1, 0.15) is 29.2 Å². The van der Waals surface area contributed by atoms with E-state index in [0.717, 1.165) is 19.6 Å². The average Bonchev–Trinajstić information content (AvgIpc) is 3.09. The second-order valence-electron chi connectivity index (χ2n) is 8.67. The molecule has 0 spiro atoms. The van der Waals surface area contributed by atoms with Gasteiger partial charge in [0.25, 0.3) is 5.91 Å². The summed E-state index contributed by atoms with van der Waals surface area (Å²) in [5, 5.41) is 13.6. The van der Waals surface area contributed by atoms with E-state index in [-0.39, 0.29) is 5.57 Å². The van der Waals surface area contributed by atoms with Crippen LogP contribution >= 0.6 is 0 Å². The summed E-state index contributed by atoms with van der Waals surface area (Å²) in [6.45, 7) is 6.15. The van der Waals surface area contributed by atoms with Gasteiger partial charge in [0.2, 0.25) is 5.78 Å². The second kappa shape index (κ2) is 10.4. The van der Waals surface area contributed by atoms with Gasteiger partial charge in [-0.1, -0.05) is 24.0 Å². The highest BCUT2D eigenvalue weighted by atomic mass is 19.1. The van der Waals surface area contributed by atoms with Crippen molar-refractivity contribution in [1.29, 1.82) is 0 Å². The van der Waals surface area contributed by atoms with E-state index in [0.29, 0.717) is 48.6 Å². The monoisotopic (exact) mass is 468 g/mol. The van der Waals surface area contributed by atoms with Crippen LogP contribution in [-0.2, 0) is 14.3 Å². The van der Waals surface area contributed by atoms with Crippen LogP contribution in [0, 0.1) is 12.7 Å². The molecule has 4 rings (SSSR count). The fourth-order valence-electron chi connectivity index (χ4n) is 4.66. The van der Waals surface area contributed by atoms with Crippen LogP contribution in [0.25, 0.3) is 5.76 Å². The highest BCUT2D eigenvalue weighted by Crippen LogP contribution is 2.39. The highest BCUT2D eigenvalue weighted by molar-refractivity contribution is 6.46. The number of carbonyl (C=O) groups is 2. The topological polar surface area (TPSA) is 83.3 Å². The van der Waals surface area contributed by atoms with E-state index in [1.807, 2.05) is 0 Å². The Labute approximate surface area is 198 Å². The van der Waals surface area contributed by atoms with Gasteiger partial charge < -0.3 is 24.4 Å². The van der Waals surface area contributed by atoms with Crippen LogP contribution in [0.4, 0.5) is 4.39 Å². The van der Waals surface area contributed by atoms with E-state index in [1.54, 1.807) is 25.1 Å². The highest BCUT2D eigenvalue weighted by Gasteiger charge is 2.44. The zero-order valence-electron chi connectivity index (χ0n) is 19.4. The lowest BCUT2D eigenvalue weighted by Crippen LogP contribution is -3.14. The number of morpholine rings is 1. The van der Waals surface area contributed by atoms with E-state index in [1.165, 1.54) is 41.2 Å². The number of amides is 1. The predicted molar refractivity (Wildman–Crippen MR) is 122 cm³/mol. The number of ether oxygens (including phenoxy) is 2. The number of nitrogens with zero attached hydrogens (tertiary/aromatic N) is 1. The van der Waals surface area contributed by atoms with Gasteiger partial charge in [0.15, 0.2) is 0 Å². The summed E-state index contributed by atoms with van der Waals surface area (Å²) in [5.41, 5.74) is 1.42. The van der Waals surface area contributed by atoms with Crippen molar-refractivity contribution >= 4 is 17.4 Å². The van der Waals surface area contributed by atoms with E-state index < -0.39 is 29.3 Å². The second-order valence-corrected chi connectivity index (χ2v) is 8.67. The Bertz CT molecular complexity index is 1090. The predicted octanol–water partition coefficient (Wildman–Crippen LogP) is 0.672. The van der Waals surface area contributed by atoms with Gasteiger partial charge in [0.05, 0.1) is 32.9 Å². The third-order valence-electron chi connectivity index (χ3n) is 6.52. The van der Waals surface area contributed by atoms with Crippen LogP contribution < -0.4 is 14.7 Å². The molecule has 1 unspecified atom stereocenters. The van der Waals surface area contributed by atoms with Crippen molar-refractivity contribution in [2.24, 2.45) is 0 Å². The van der Waals surface area contributed by atoms with Crippen molar-refractivity contribution in [3.05, 3.63) is 70.5 Å². The molecular weight excluding hydrogens is 439 g/mol. The van der Waals surface area contributed by atoms with Gasteiger partial charge >= 0.3 is 0 Å². The molecule has 34 heavy (non-hydrogen) atoms. The molecule has 180 valence electrons. The van der Waals surface area contributed by atoms with Gasteiger partial charge in [0, 0.05) is 18.5 Å². The zero-order valence-corrected chi connectivity index (χ0v) is 19.4. The minimum absolute atomic E-state index is 0.0939. The third-order valence-corrected chi connectivity index (χ3v) is 6.52. The molecule has 2 aliphatic rings. The number of hydrogen-bond acceptors (Lipinski definition) is 5. The van der Waals surface area contributed by atoms with Crippen molar-refractivity contribution in [2.75, 3.05) is 46.5 Å². The molecule has 8 heteroatoms. The standard InChI is InChI=1S/C26H29FN2O5/c1-17-16-20(33-2)8-9-21(17)24(30)22-23(18-4-6-19(27)7-5-18)29(26(32)25(22)31)11-3-10-28-12-14-34-15-13-28/h4-9,16,23,30H,3,10-15H2,1-2H3. The number of likely N-dealkylation sites (tertiary alicyclic amines) is 1. The number of aryl methyl sites for hydroxylation is 1. The number of methoxy groups -OCH3 is 1. The molecule has 1 amide bonds. The first kappa shape index (κ1) is 23.9. The molecule has 0 radical (unpaired) electrons. The first-order valence-electron chi connectivity index (χ1n) is 11.5. The van der Waals surface area contributed by atoms with Crippen LogP contribution in [0.2, 0.25) is 0 Å². The van der Waals surface area contributed by atoms with Gasteiger partial charge in [-0.2, -0.15) is 0 Å². The molecular formula is C26H29FN2O5. The lowest BCUT2D eigenvalue weighted by atomic mass is 9.94. The lowest BCUT2D eigenvalue weighted by Gasteiger charge is -2.29. The van der Waals surface area contributed by atoms with E-state index in [9.17, 15) is 19.1 Å². The number of carbonyl (C=O) groups excluding carboxylic acids is 2. The van der Waals surface area contributed by atoms with Crippen molar-refractivity contribution < 1.29 is 33.5 Å². The van der Waals surface area contributed by atoms with Crippen molar-refractivity contribution in [3.8, 4) is 5.75 Å². The first-order valence-corrected chi connectivity index (χ1v) is 11.5. The summed E-state index contributed by atoms with van der Waals surface area (Å²) in [6, 6.07) is 9.73. The van der Waals surface area contributed by atoms with Crippen LogP contribution in [0.15, 0.2) is 48.0 Å². The third kappa shape index (κ3) is 4.83. The summed E-state index contributed by atoms with van der Waals surface area (Å²) in [6.07, 6.45) is 0.676. The summed E-state index contributed by atoms with van der Waals surface area (Å²) < 4.78 is 24.2. The average molecular weight is 469 g/mol. The normalized spacial score (nSPS) is 20.7. The molecule has 2 aliphatic heterocycles. The van der Waals surface area contributed by atoms with Crippen LogP contribution in [0.3, 0.4) is 0 Å². The van der Waals surface area contributed by atoms with Crippen molar-refractivity contribution in [2.45, 2.75) is 19.4 Å². The van der Waals surface area contributed by atoms with Gasteiger partial charge in [-0.25, -0.2) is 4.39 Å². The summed E-state index contributed by atoms with van der Waals surface area (Å²) >= 11 is 0. The van der Waals surface area contributed by atoms with Crippen LogP contribution in [0.5, 0.6) is 5.75 Å². The molecule has 2 saturated heterocycles. The molecule has 0 saturated carbocycles. The molecule has 0 aromatic heterocycles. The van der Waals surface area contributed by atoms with E-state index in [4.69, 9.17) is 9.47 Å². The molecule has 2 aromatic carbocycles. The number of quaternary nitrogens is 1. The van der Waals surface area contributed by atoms with Crippen LogP contribution in [-0.4, -0.2) is 63.1 Å². The van der Waals surface area contributed by atoms with Gasteiger partial charge in [-0.3, -0.25) is 9.59 Å². The molecule has 1 atom stereocenters. The smallest absolute Gasteiger partial charge is 0.295 e. The SMILES string of the molecule is COc1ccc(C([O-])=C2C(=O)C(=O)N(CCC[NH+]3CCOCC3)C2c2ccc(F)cc2)c(C)c1. The number of Topliss-reactive ketones (excluding diaryl/α,β-unsaturated/α-hetero) is 1. The Balaban J connectivity index is 1.69. The first-order chi connectivity index (χ1) is 16.4. The Morgan fingerprint density at radius 2 is 1.88 bits per heavy atom. The minimum Gasteiger partial charge on any atom is -0.872 e. The molecule has 2 aromatic rings.